The maximum absolute atomic E-state index is 9.37. The number of rotatable bonds is 8. The SMILES string of the molecule is OCCn1cc(-c2ccc3c(c2)CC/C3=N\OCCc2ccccc2)c(-c2ccncc2)n1. The normalized spacial score (nSPS) is 13.9. The van der Waals surface area contributed by atoms with Gasteiger partial charge in [-0.2, -0.15) is 5.10 Å². The predicted molar refractivity (Wildman–Crippen MR) is 129 cm³/mol. The lowest BCUT2D eigenvalue weighted by atomic mass is 9.98. The van der Waals surface area contributed by atoms with Crippen LogP contribution in [0.15, 0.2) is 84.4 Å². The van der Waals surface area contributed by atoms with Gasteiger partial charge in [-0.3, -0.25) is 9.67 Å². The summed E-state index contributed by atoms with van der Waals surface area (Å²) < 4.78 is 1.80. The Balaban J connectivity index is 1.36. The maximum atomic E-state index is 9.37. The molecule has 166 valence electrons. The van der Waals surface area contributed by atoms with Crippen molar-refractivity contribution in [2.75, 3.05) is 13.2 Å². The molecule has 0 radical (unpaired) electrons. The van der Waals surface area contributed by atoms with E-state index in [9.17, 15) is 5.11 Å². The fourth-order valence-electron chi connectivity index (χ4n) is 4.24. The van der Waals surface area contributed by atoms with Crippen LogP contribution < -0.4 is 0 Å². The van der Waals surface area contributed by atoms with Crippen molar-refractivity contribution in [1.29, 1.82) is 0 Å². The van der Waals surface area contributed by atoms with Gasteiger partial charge in [0.15, 0.2) is 0 Å². The number of fused-ring (bicyclic) bond motifs is 1. The summed E-state index contributed by atoms with van der Waals surface area (Å²) in [7, 11) is 0. The molecule has 0 bridgehead atoms. The van der Waals surface area contributed by atoms with Crippen molar-refractivity contribution in [1.82, 2.24) is 14.8 Å². The lowest BCUT2D eigenvalue weighted by molar-refractivity contribution is 0.147. The Morgan fingerprint density at radius 3 is 2.61 bits per heavy atom. The number of aliphatic hydroxyl groups is 1. The van der Waals surface area contributed by atoms with Gasteiger partial charge in [-0.25, -0.2) is 0 Å². The summed E-state index contributed by atoms with van der Waals surface area (Å²) in [5, 5.41) is 18.5. The molecule has 0 atom stereocenters. The van der Waals surface area contributed by atoms with Crippen LogP contribution in [0.5, 0.6) is 0 Å². The van der Waals surface area contributed by atoms with E-state index in [1.807, 2.05) is 36.5 Å². The van der Waals surface area contributed by atoms with Crippen LogP contribution in [0.25, 0.3) is 22.4 Å². The van der Waals surface area contributed by atoms with E-state index in [1.54, 1.807) is 17.1 Å². The molecule has 4 aromatic rings. The second-order valence-corrected chi connectivity index (χ2v) is 8.09. The summed E-state index contributed by atoms with van der Waals surface area (Å²) in [6.45, 7) is 1.08. The van der Waals surface area contributed by atoms with Gasteiger partial charge in [0.1, 0.15) is 12.3 Å². The van der Waals surface area contributed by atoms with Crippen LogP contribution in [0.1, 0.15) is 23.1 Å². The molecule has 6 heteroatoms. The Morgan fingerprint density at radius 2 is 1.79 bits per heavy atom. The minimum Gasteiger partial charge on any atom is -0.395 e. The van der Waals surface area contributed by atoms with E-state index >= 15 is 0 Å². The highest BCUT2D eigenvalue weighted by atomic mass is 16.6. The van der Waals surface area contributed by atoms with Crippen LogP contribution in [0.4, 0.5) is 0 Å². The summed E-state index contributed by atoms with van der Waals surface area (Å²) in [5.41, 5.74) is 8.74. The quantitative estimate of drug-likeness (QED) is 0.324. The number of nitrogens with zero attached hydrogens (tertiary/aromatic N) is 4. The molecule has 1 N–H and O–H groups in total. The van der Waals surface area contributed by atoms with Crippen molar-refractivity contribution in [3.63, 3.8) is 0 Å². The molecule has 0 saturated carbocycles. The van der Waals surface area contributed by atoms with Crippen LogP contribution in [0, 0.1) is 0 Å². The number of oxime groups is 1. The highest BCUT2D eigenvalue weighted by Crippen LogP contribution is 2.34. The lowest BCUT2D eigenvalue weighted by Crippen LogP contribution is -2.02. The molecule has 33 heavy (non-hydrogen) atoms. The van der Waals surface area contributed by atoms with Crippen molar-refractivity contribution >= 4 is 5.71 Å². The zero-order valence-corrected chi connectivity index (χ0v) is 18.4. The van der Waals surface area contributed by atoms with E-state index in [1.165, 1.54) is 11.1 Å². The summed E-state index contributed by atoms with van der Waals surface area (Å²) in [4.78, 5) is 9.77. The first-order chi connectivity index (χ1) is 16.3. The van der Waals surface area contributed by atoms with Gasteiger partial charge in [-0.1, -0.05) is 53.7 Å². The molecular formula is C27H26N4O2. The molecule has 2 heterocycles. The van der Waals surface area contributed by atoms with Crippen molar-refractivity contribution in [3.05, 3.63) is 95.9 Å². The zero-order valence-electron chi connectivity index (χ0n) is 18.4. The Morgan fingerprint density at radius 1 is 0.939 bits per heavy atom. The van der Waals surface area contributed by atoms with Gasteiger partial charge in [0.25, 0.3) is 0 Å². The van der Waals surface area contributed by atoms with Gasteiger partial charge in [-0.05, 0) is 41.7 Å². The molecule has 0 fully saturated rings. The van der Waals surface area contributed by atoms with E-state index in [2.05, 4.69) is 40.5 Å². The minimum absolute atomic E-state index is 0.0468. The highest BCUT2D eigenvalue weighted by Gasteiger charge is 2.21. The van der Waals surface area contributed by atoms with Crippen molar-refractivity contribution in [2.24, 2.45) is 5.16 Å². The Kier molecular flexibility index (Phi) is 6.26. The number of pyridine rings is 1. The molecular weight excluding hydrogens is 412 g/mol. The number of aliphatic hydroxyl groups excluding tert-OH is 1. The topological polar surface area (TPSA) is 72.5 Å². The van der Waals surface area contributed by atoms with Crippen molar-refractivity contribution < 1.29 is 9.94 Å². The highest BCUT2D eigenvalue weighted by molar-refractivity contribution is 6.04. The number of hydrogen-bond donors (Lipinski definition) is 1. The summed E-state index contributed by atoms with van der Waals surface area (Å²) >= 11 is 0. The van der Waals surface area contributed by atoms with Gasteiger partial charge < -0.3 is 9.94 Å². The van der Waals surface area contributed by atoms with Crippen LogP contribution in [-0.4, -0.2) is 38.8 Å². The number of benzene rings is 2. The third-order valence-electron chi connectivity index (χ3n) is 5.90. The second kappa shape index (κ2) is 9.79. The van der Waals surface area contributed by atoms with E-state index in [-0.39, 0.29) is 6.61 Å². The first-order valence-corrected chi connectivity index (χ1v) is 11.3. The first kappa shape index (κ1) is 21.1. The first-order valence-electron chi connectivity index (χ1n) is 11.3. The number of aryl methyl sites for hydroxylation is 1. The van der Waals surface area contributed by atoms with Gasteiger partial charge in [0, 0.05) is 41.7 Å². The average molecular weight is 439 g/mol. The Hall–Kier alpha value is -3.77. The van der Waals surface area contributed by atoms with Crippen LogP contribution in [0.2, 0.25) is 0 Å². The molecule has 1 aliphatic carbocycles. The third kappa shape index (κ3) is 4.71. The molecule has 0 unspecified atom stereocenters. The zero-order chi connectivity index (χ0) is 22.5. The Bertz CT molecular complexity index is 1250. The van der Waals surface area contributed by atoms with E-state index in [0.717, 1.165) is 52.9 Å². The number of aromatic nitrogens is 3. The van der Waals surface area contributed by atoms with Crippen molar-refractivity contribution in [3.8, 4) is 22.4 Å². The van der Waals surface area contributed by atoms with Gasteiger partial charge in [-0.15, -0.1) is 0 Å². The molecule has 2 aromatic heterocycles. The second-order valence-electron chi connectivity index (χ2n) is 8.09. The summed E-state index contributed by atoms with van der Waals surface area (Å²) in [6.07, 6.45) is 8.22. The molecule has 0 saturated heterocycles. The summed E-state index contributed by atoms with van der Waals surface area (Å²) in [6, 6.07) is 20.7. The monoisotopic (exact) mass is 438 g/mol. The fourth-order valence-corrected chi connectivity index (χ4v) is 4.24. The van der Waals surface area contributed by atoms with E-state index in [0.29, 0.717) is 13.2 Å². The largest absolute Gasteiger partial charge is 0.395 e. The maximum Gasteiger partial charge on any atom is 0.121 e. The molecule has 0 amide bonds. The minimum atomic E-state index is 0.0468. The molecule has 1 aliphatic rings. The van der Waals surface area contributed by atoms with E-state index < -0.39 is 0 Å². The van der Waals surface area contributed by atoms with Gasteiger partial charge in [0.05, 0.1) is 18.9 Å². The molecule has 2 aromatic carbocycles. The van der Waals surface area contributed by atoms with Crippen LogP contribution >= 0.6 is 0 Å². The van der Waals surface area contributed by atoms with Crippen molar-refractivity contribution in [2.45, 2.75) is 25.8 Å². The molecule has 6 nitrogen and oxygen atoms in total. The predicted octanol–water partition coefficient (Wildman–Crippen LogP) is 4.51. The van der Waals surface area contributed by atoms with E-state index in [4.69, 9.17) is 9.94 Å². The average Bonchev–Trinajstić information content (AvgIpc) is 3.47. The van der Waals surface area contributed by atoms with Crippen LogP contribution in [-0.2, 0) is 24.2 Å². The Labute approximate surface area is 193 Å². The molecule has 0 aliphatic heterocycles. The fraction of sp³-hybridized carbons (Fsp3) is 0.222. The standard InChI is InChI=1S/C27H26N4O2/c32-16-15-31-19-25(27(29-31)21-10-13-28-14-11-21)23-6-8-24-22(18-23)7-9-26(24)30-33-17-12-20-4-2-1-3-5-20/h1-6,8,10-11,13-14,18-19,32H,7,9,12,15-17H2/b30-26+. The molecule has 5 rings (SSSR count). The third-order valence-corrected chi connectivity index (χ3v) is 5.90. The molecule has 0 spiro atoms. The van der Waals surface area contributed by atoms with Crippen LogP contribution in [0.3, 0.4) is 0 Å². The summed E-state index contributed by atoms with van der Waals surface area (Å²) in [5.74, 6) is 0. The number of hydrogen-bond acceptors (Lipinski definition) is 5. The van der Waals surface area contributed by atoms with Gasteiger partial charge in [0.2, 0.25) is 0 Å². The van der Waals surface area contributed by atoms with Gasteiger partial charge >= 0.3 is 0 Å². The smallest absolute Gasteiger partial charge is 0.121 e. The lowest BCUT2D eigenvalue weighted by Gasteiger charge is -2.06.